The van der Waals surface area contributed by atoms with Gasteiger partial charge in [-0.1, -0.05) is 115 Å². The highest BCUT2D eigenvalue weighted by molar-refractivity contribution is 5.92. The first-order chi connectivity index (χ1) is 31.5. The van der Waals surface area contributed by atoms with Crippen LogP contribution >= 0.6 is 0 Å². The van der Waals surface area contributed by atoms with Crippen LogP contribution in [-0.4, -0.2) is 19.2 Å². The Morgan fingerprint density at radius 2 is 0.985 bits per heavy atom. The Kier molecular flexibility index (Phi) is 13.3. The van der Waals surface area contributed by atoms with Crippen molar-refractivity contribution in [3.8, 4) is 23.0 Å². The van der Waals surface area contributed by atoms with Crippen LogP contribution in [0.5, 0.6) is 23.0 Å². The largest absolute Gasteiger partial charge is 0.519 e. The van der Waals surface area contributed by atoms with Crippen molar-refractivity contribution in [3.05, 3.63) is 208 Å². The summed E-state index contributed by atoms with van der Waals surface area (Å²) in [5.41, 5.74) is 13.5. The van der Waals surface area contributed by atoms with E-state index in [0.29, 0.717) is 17.2 Å². The Morgan fingerprint density at radius 3 is 1.45 bits per heavy atom. The minimum atomic E-state index is -0.811. The molecule has 8 rings (SSSR count). The van der Waals surface area contributed by atoms with Gasteiger partial charge in [-0.3, -0.25) is 4.79 Å². The second-order valence-corrected chi connectivity index (χ2v) is 17.1. The Labute approximate surface area is 382 Å². The molecule has 7 nitrogen and oxygen atoms in total. The van der Waals surface area contributed by atoms with E-state index in [4.69, 9.17) is 18.9 Å². The molecule has 7 heteroatoms. The van der Waals surface area contributed by atoms with Gasteiger partial charge in [-0.05, 0) is 164 Å². The molecule has 0 radical (unpaired) electrons. The van der Waals surface area contributed by atoms with Crippen molar-refractivity contribution < 1.29 is 28.5 Å². The SMILES string of the molecule is COc1ccc(C(=Cc2ccc(N(c3ccc(C)cc3)c3ccc(C)cc3)cc2)c2ccc(OC(=O)Oc3ccc(C4(c5ccc(OC(C)=O)c(C)c5)CCCCC4)cc3C)cc2)cc1. The summed E-state index contributed by atoms with van der Waals surface area (Å²) >= 11 is 0. The molecule has 1 aliphatic rings. The quantitative estimate of drug-likeness (QED) is 0.0524. The lowest BCUT2D eigenvalue weighted by atomic mass is 9.65. The molecule has 328 valence electrons. The van der Waals surface area contributed by atoms with Gasteiger partial charge >= 0.3 is 12.1 Å². The zero-order valence-electron chi connectivity index (χ0n) is 38.0. The van der Waals surface area contributed by atoms with E-state index in [2.05, 4.69) is 122 Å². The van der Waals surface area contributed by atoms with E-state index in [1.54, 1.807) is 19.2 Å². The van der Waals surface area contributed by atoms with Gasteiger partial charge in [0.15, 0.2) is 0 Å². The van der Waals surface area contributed by atoms with E-state index in [9.17, 15) is 9.59 Å². The van der Waals surface area contributed by atoms with Gasteiger partial charge in [-0.2, -0.15) is 0 Å². The summed E-state index contributed by atoms with van der Waals surface area (Å²) in [7, 11) is 1.66. The van der Waals surface area contributed by atoms with Crippen LogP contribution < -0.4 is 23.8 Å². The first-order valence-electron chi connectivity index (χ1n) is 22.3. The van der Waals surface area contributed by atoms with Crippen LogP contribution in [0.1, 0.15) is 89.1 Å². The molecule has 1 aliphatic carbocycles. The van der Waals surface area contributed by atoms with Crippen LogP contribution in [0.4, 0.5) is 21.9 Å². The minimum Gasteiger partial charge on any atom is -0.497 e. The van der Waals surface area contributed by atoms with Gasteiger partial charge in [0.25, 0.3) is 0 Å². The number of benzene rings is 7. The molecule has 0 unspecified atom stereocenters. The predicted molar refractivity (Wildman–Crippen MR) is 261 cm³/mol. The van der Waals surface area contributed by atoms with E-state index in [0.717, 1.165) is 81.9 Å². The van der Waals surface area contributed by atoms with E-state index in [-0.39, 0.29) is 11.4 Å². The molecule has 7 aromatic carbocycles. The number of nitrogens with zero attached hydrogens (tertiary/aromatic N) is 1. The number of hydrogen-bond acceptors (Lipinski definition) is 7. The second-order valence-electron chi connectivity index (χ2n) is 17.1. The van der Waals surface area contributed by atoms with Gasteiger partial charge in [0.05, 0.1) is 7.11 Å². The zero-order valence-corrected chi connectivity index (χ0v) is 38.0. The molecule has 0 aromatic heterocycles. The number of rotatable bonds is 12. The lowest BCUT2D eigenvalue weighted by Crippen LogP contribution is -2.30. The number of carbonyl (C=O) groups excluding carboxylic acids is 2. The summed E-state index contributed by atoms with van der Waals surface area (Å²) in [6, 6.07) is 53.4. The van der Waals surface area contributed by atoms with Gasteiger partial charge in [0, 0.05) is 29.4 Å². The number of anilines is 3. The molecule has 1 fully saturated rings. The molecule has 7 aromatic rings. The van der Waals surface area contributed by atoms with Crippen LogP contribution in [0.25, 0.3) is 11.6 Å². The molecule has 0 saturated heterocycles. The Morgan fingerprint density at radius 1 is 0.523 bits per heavy atom. The molecular formula is C58H55NO6. The number of methoxy groups -OCH3 is 1. The summed E-state index contributed by atoms with van der Waals surface area (Å²) in [6.45, 7) is 9.55. The third-order valence-electron chi connectivity index (χ3n) is 12.4. The van der Waals surface area contributed by atoms with Gasteiger partial charge in [-0.25, -0.2) is 4.79 Å². The molecule has 1 saturated carbocycles. The van der Waals surface area contributed by atoms with Crippen LogP contribution in [0.2, 0.25) is 0 Å². The van der Waals surface area contributed by atoms with E-state index in [1.165, 1.54) is 35.6 Å². The summed E-state index contributed by atoms with van der Waals surface area (Å²) < 4.78 is 22.4. The topological polar surface area (TPSA) is 74.3 Å². The van der Waals surface area contributed by atoms with Gasteiger partial charge in [0.1, 0.15) is 23.0 Å². The van der Waals surface area contributed by atoms with Crippen molar-refractivity contribution in [1.82, 2.24) is 0 Å². The van der Waals surface area contributed by atoms with Gasteiger partial charge in [0.2, 0.25) is 0 Å². The average molecular weight is 862 g/mol. The highest BCUT2D eigenvalue weighted by Crippen LogP contribution is 2.47. The normalized spacial score (nSPS) is 13.4. The smallest absolute Gasteiger partial charge is 0.497 e. The molecule has 65 heavy (non-hydrogen) atoms. The van der Waals surface area contributed by atoms with Crippen molar-refractivity contribution >= 4 is 40.8 Å². The van der Waals surface area contributed by atoms with Crippen LogP contribution in [-0.2, 0) is 10.2 Å². The fraction of sp³-hybridized carbons (Fsp3) is 0.207. The van der Waals surface area contributed by atoms with Gasteiger partial charge < -0.3 is 23.8 Å². The molecular weight excluding hydrogens is 807 g/mol. The molecule has 0 spiro atoms. The van der Waals surface area contributed by atoms with Crippen molar-refractivity contribution in [2.45, 2.75) is 72.1 Å². The zero-order chi connectivity index (χ0) is 45.5. The molecule has 0 heterocycles. The monoisotopic (exact) mass is 861 g/mol. The lowest BCUT2D eigenvalue weighted by molar-refractivity contribution is -0.131. The molecule has 0 bridgehead atoms. The number of ether oxygens (including phenoxy) is 4. The van der Waals surface area contributed by atoms with Crippen molar-refractivity contribution in [1.29, 1.82) is 0 Å². The average Bonchev–Trinajstić information content (AvgIpc) is 3.32. The first-order valence-corrected chi connectivity index (χ1v) is 22.3. The number of esters is 1. The lowest BCUT2D eigenvalue weighted by Gasteiger charge is -2.39. The maximum absolute atomic E-state index is 13.3. The van der Waals surface area contributed by atoms with Gasteiger partial charge in [-0.15, -0.1) is 0 Å². The Balaban J connectivity index is 1.01. The van der Waals surface area contributed by atoms with E-state index in [1.807, 2.05) is 62.4 Å². The van der Waals surface area contributed by atoms with Crippen molar-refractivity contribution in [2.24, 2.45) is 0 Å². The van der Waals surface area contributed by atoms with Crippen LogP contribution in [0.15, 0.2) is 158 Å². The third-order valence-corrected chi connectivity index (χ3v) is 12.4. The number of aryl methyl sites for hydroxylation is 4. The highest BCUT2D eigenvalue weighted by Gasteiger charge is 2.36. The van der Waals surface area contributed by atoms with E-state index < -0.39 is 6.16 Å². The molecule has 0 amide bonds. The van der Waals surface area contributed by atoms with Crippen molar-refractivity contribution in [2.75, 3.05) is 12.0 Å². The maximum Gasteiger partial charge on any atom is 0.519 e. The summed E-state index contributed by atoms with van der Waals surface area (Å²) in [5.74, 6) is 1.83. The molecule has 0 atom stereocenters. The van der Waals surface area contributed by atoms with E-state index >= 15 is 0 Å². The summed E-state index contributed by atoms with van der Waals surface area (Å²) in [5, 5.41) is 0. The highest BCUT2D eigenvalue weighted by atomic mass is 16.7. The Hall–Kier alpha value is -7.38. The molecule has 0 N–H and O–H groups in total. The molecule has 0 aliphatic heterocycles. The number of carbonyl (C=O) groups is 2. The fourth-order valence-electron chi connectivity index (χ4n) is 8.91. The van der Waals surface area contributed by atoms with Crippen molar-refractivity contribution in [3.63, 3.8) is 0 Å². The summed E-state index contributed by atoms with van der Waals surface area (Å²) in [6.07, 6.45) is 6.77. The standard InChI is InChI=1S/C58H55NO6/c1-39-10-22-49(23-11-39)59(50-24-12-40(2)13-25-50)51-26-14-44(15-27-51)38-54(45-16-28-52(62-6)29-17-45)46-18-30-53(31-19-46)64-57(61)65-56-33-21-48(37-42(56)4)58(34-8-7-9-35-58)47-20-32-55(41(3)36-47)63-43(5)60/h10-33,36-38H,7-9,34-35H2,1-6H3. The van der Waals surface area contributed by atoms with Crippen LogP contribution in [0, 0.1) is 27.7 Å². The Bertz CT molecular complexity index is 2760. The summed E-state index contributed by atoms with van der Waals surface area (Å²) in [4.78, 5) is 27.2. The predicted octanol–water partition coefficient (Wildman–Crippen LogP) is 14.7. The minimum absolute atomic E-state index is 0.198. The number of hydrogen-bond donors (Lipinski definition) is 0. The fourth-order valence-corrected chi connectivity index (χ4v) is 8.91. The first kappa shape index (κ1) is 44.2. The third kappa shape index (κ3) is 10.2. The maximum atomic E-state index is 13.3. The second kappa shape index (κ2) is 19.6. The van der Waals surface area contributed by atoms with Crippen LogP contribution in [0.3, 0.4) is 0 Å².